The van der Waals surface area contributed by atoms with Gasteiger partial charge in [0, 0.05) is 12.7 Å². The Balaban J connectivity index is 1.40. The maximum Gasteiger partial charge on any atom is 0.160 e. The molecule has 0 amide bonds. The van der Waals surface area contributed by atoms with Gasteiger partial charge in [-0.1, -0.05) is 23.8 Å². The quantitative estimate of drug-likeness (QED) is 0.727. The van der Waals surface area contributed by atoms with Crippen molar-refractivity contribution in [3.05, 3.63) is 59.5 Å². The summed E-state index contributed by atoms with van der Waals surface area (Å²) in [6.07, 6.45) is 3.57. The molecule has 2 aromatic heterocycles. The van der Waals surface area contributed by atoms with Crippen LogP contribution in [0.25, 0.3) is 5.65 Å². The van der Waals surface area contributed by atoms with Crippen LogP contribution >= 0.6 is 0 Å². The van der Waals surface area contributed by atoms with E-state index < -0.39 is 6.10 Å². The van der Waals surface area contributed by atoms with Crippen LogP contribution < -0.4 is 4.74 Å². The highest BCUT2D eigenvalue weighted by atomic mass is 16.5. The number of hydrogen-bond acceptors (Lipinski definition) is 5. The molecule has 1 saturated heterocycles. The molecule has 3 aromatic rings. The van der Waals surface area contributed by atoms with Crippen molar-refractivity contribution in [2.24, 2.45) is 0 Å². The number of rotatable bonds is 6. The van der Waals surface area contributed by atoms with Crippen LogP contribution in [-0.4, -0.2) is 50.4 Å². The van der Waals surface area contributed by atoms with Crippen LogP contribution in [0.3, 0.4) is 0 Å². The smallest absolute Gasteiger partial charge is 0.160 e. The minimum absolute atomic E-state index is 0.179. The SMILES string of the molecule is Cc1ccc(OCC(O)CN2CCCC2c2nnc3ccccn23)c(C)c1. The van der Waals surface area contributed by atoms with Crippen molar-refractivity contribution in [1.82, 2.24) is 19.5 Å². The number of aliphatic hydroxyl groups excluding tert-OH is 1. The van der Waals surface area contributed by atoms with Gasteiger partial charge in [-0.2, -0.15) is 0 Å². The summed E-state index contributed by atoms with van der Waals surface area (Å²) in [5, 5.41) is 19.2. The van der Waals surface area contributed by atoms with Crippen molar-refractivity contribution < 1.29 is 9.84 Å². The summed E-state index contributed by atoms with van der Waals surface area (Å²) in [5.74, 6) is 1.78. The Bertz CT molecular complexity index is 923. The highest BCUT2D eigenvalue weighted by Gasteiger charge is 2.31. The predicted molar refractivity (Wildman–Crippen MR) is 104 cm³/mol. The molecule has 6 nitrogen and oxygen atoms in total. The van der Waals surface area contributed by atoms with E-state index in [4.69, 9.17) is 4.74 Å². The average Bonchev–Trinajstić information content (AvgIpc) is 3.27. The second-order valence-electron chi connectivity index (χ2n) is 7.37. The van der Waals surface area contributed by atoms with Crippen LogP contribution in [0.15, 0.2) is 42.6 Å². The first-order valence-corrected chi connectivity index (χ1v) is 9.53. The van der Waals surface area contributed by atoms with Gasteiger partial charge in [-0.15, -0.1) is 10.2 Å². The zero-order valence-electron chi connectivity index (χ0n) is 15.9. The van der Waals surface area contributed by atoms with E-state index in [9.17, 15) is 5.11 Å². The summed E-state index contributed by atoms with van der Waals surface area (Å²) < 4.78 is 7.89. The zero-order valence-corrected chi connectivity index (χ0v) is 15.9. The Morgan fingerprint density at radius 1 is 1.22 bits per heavy atom. The van der Waals surface area contributed by atoms with Crippen LogP contribution in [0, 0.1) is 13.8 Å². The lowest BCUT2D eigenvalue weighted by molar-refractivity contribution is 0.0623. The third kappa shape index (κ3) is 3.82. The van der Waals surface area contributed by atoms with E-state index in [1.165, 1.54) is 5.56 Å². The Hall–Kier alpha value is -2.44. The van der Waals surface area contributed by atoms with Crippen LogP contribution in [0.4, 0.5) is 0 Å². The predicted octanol–water partition coefficient (Wildman–Crippen LogP) is 2.92. The van der Waals surface area contributed by atoms with E-state index in [1.807, 2.05) is 47.9 Å². The third-order valence-corrected chi connectivity index (χ3v) is 5.21. The van der Waals surface area contributed by atoms with Gasteiger partial charge in [0.15, 0.2) is 11.5 Å². The fourth-order valence-electron chi connectivity index (χ4n) is 3.89. The highest BCUT2D eigenvalue weighted by molar-refractivity contribution is 5.38. The minimum Gasteiger partial charge on any atom is -0.491 e. The van der Waals surface area contributed by atoms with Crippen LogP contribution in [0.2, 0.25) is 0 Å². The summed E-state index contributed by atoms with van der Waals surface area (Å²) in [7, 11) is 0. The largest absolute Gasteiger partial charge is 0.491 e. The van der Waals surface area contributed by atoms with E-state index in [1.54, 1.807) is 0 Å². The van der Waals surface area contributed by atoms with Crippen LogP contribution in [0.1, 0.15) is 35.8 Å². The number of pyridine rings is 1. The Morgan fingerprint density at radius 3 is 2.96 bits per heavy atom. The Labute approximate surface area is 159 Å². The number of aryl methyl sites for hydroxylation is 2. The standard InChI is InChI=1S/C21H26N4O2/c1-15-8-9-19(16(2)12-15)27-14-17(26)13-24-10-5-6-18(24)21-23-22-20-7-3-4-11-25(20)21/h3-4,7-9,11-12,17-18,26H,5-6,10,13-14H2,1-2H3. The van der Waals surface area contributed by atoms with Crippen molar-refractivity contribution in [3.8, 4) is 5.75 Å². The minimum atomic E-state index is -0.550. The Kier molecular flexibility index (Phi) is 5.09. The molecular weight excluding hydrogens is 340 g/mol. The molecule has 1 aliphatic rings. The summed E-state index contributed by atoms with van der Waals surface area (Å²) in [6.45, 7) is 5.90. The molecule has 0 saturated carbocycles. The van der Waals surface area contributed by atoms with Gasteiger partial charge >= 0.3 is 0 Å². The van der Waals surface area contributed by atoms with Crippen molar-refractivity contribution in [3.63, 3.8) is 0 Å². The molecule has 2 unspecified atom stereocenters. The molecule has 0 radical (unpaired) electrons. The van der Waals surface area contributed by atoms with Crippen LogP contribution in [-0.2, 0) is 0 Å². The van der Waals surface area contributed by atoms with Gasteiger partial charge in [0.25, 0.3) is 0 Å². The highest BCUT2D eigenvalue weighted by Crippen LogP contribution is 2.31. The average molecular weight is 366 g/mol. The van der Waals surface area contributed by atoms with Gasteiger partial charge in [-0.3, -0.25) is 9.30 Å². The van der Waals surface area contributed by atoms with Gasteiger partial charge in [0.05, 0.1) is 6.04 Å². The molecule has 0 spiro atoms. The summed E-state index contributed by atoms with van der Waals surface area (Å²) >= 11 is 0. The maximum atomic E-state index is 10.5. The molecule has 1 fully saturated rings. The third-order valence-electron chi connectivity index (χ3n) is 5.21. The van der Waals surface area contributed by atoms with Gasteiger partial charge in [0.2, 0.25) is 0 Å². The number of nitrogens with zero attached hydrogens (tertiary/aromatic N) is 4. The lowest BCUT2D eigenvalue weighted by Gasteiger charge is -2.26. The fraction of sp³-hybridized carbons (Fsp3) is 0.429. The first-order chi connectivity index (χ1) is 13.1. The van der Waals surface area contributed by atoms with Gasteiger partial charge in [-0.25, -0.2) is 0 Å². The number of hydrogen-bond donors (Lipinski definition) is 1. The number of fused-ring (bicyclic) bond motifs is 1. The maximum absolute atomic E-state index is 10.5. The molecular formula is C21H26N4O2. The van der Waals surface area contributed by atoms with Crippen molar-refractivity contribution >= 4 is 5.65 Å². The zero-order chi connectivity index (χ0) is 18.8. The fourth-order valence-corrected chi connectivity index (χ4v) is 3.89. The summed E-state index contributed by atoms with van der Waals surface area (Å²) in [4.78, 5) is 2.29. The van der Waals surface area contributed by atoms with E-state index in [0.717, 1.165) is 42.2 Å². The van der Waals surface area contributed by atoms with E-state index in [2.05, 4.69) is 28.1 Å². The molecule has 6 heteroatoms. The molecule has 27 heavy (non-hydrogen) atoms. The van der Waals surface area contributed by atoms with Gasteiger partial charge in [-0.05, 0) is 57.0 Å². The second-order valence-corrected chi connectivity index (χ2v) is 7.37. The monoisotopic (exact) mass is 366 g/mol. The van der Waals surface area contributed by atoms with E-state index in [0.29, 0.717) is 6.54 Å². The molecule has 2 atom stereocenters. The summed E-state index contributed by atoms with van der Waals surface area (Å²) in [5.41, 5.74) is 3.16. The number of benzene rings is 1. The number of likely N-dealkylation sites (tertiary alicyclic amines) is 1. The molecule has 1 N–H and O–H groups in total. The Morgan fingerprint density at radius 2 is 2.11 bits per heavy atom. The first kappa shape index (κ1) is 17.9. The second kappa shape index (κ2) is 7.66. The van der Waals surface area contributed by atoms with Crippen molar-refractivity contribution in [2.45, 2.75) is 38.8 Å². The first-order valence-electron chi connectivity index (χ1n) is 9.53. The molecule has 1 aliphatic heterocycles. The molecule has 0 bridgehead atoms. The molecule has 1 aromatic carbocycles. The lowest BCUT2D eigenvalue weighted by Crippen LogP contribution is -2.36. The van der Waals surface area contributed by atoms with Gasteiger partial charge in [0.1, 0.15) is 18.5 Å². The van der Waals surface area contributed by atoms with E-state index >= 15 is 0 Å². The van der Waals surface area contributed by atoms with Crippen molar-refractivity contribution in [2.75, 3.05) is 19.7 Å². The normalized spacial score (nSPS) is 18.9. The number of aromatic nitrogens is 3. The van der Waals surface area contributed by atoms with E-state index in [-0.39, 0.29) is 12.6 Å². The topological polar surface area (TPSA) is 62.9 Å². The molecule has 4 rings (SSSR count). The number of ether oxygens (including phenoxy) is 1. The molecule has 0 aliphatic carbocycles. The summed E-state index contributed by atoms with van der Waals surface area (Å²) in [6, 6.07) is 12.2. The lowest BCUT2D eigenvalue weighted by atomic mass is 10.1. The van der Waals surface area contributed by atoms with Crippen molar-refractivity contribution in [1.29, 1.82) is 0 Å². The van der Waals surface area contributed by atoms with Crippen LogP contribution in [0.5, 0.6) is 5.75 Å². The molecule has 3 heterocycles. The number of β-amino-alcohol motifs (C(OH)–C–C–N with tert-alkyl or cyclic N) is 1. The molecule has 142 valence electrons. The van der Waals surface area contributed by atoms with Gasteiger partial charge < -0.3 is 9.84 Å². The number of aliphatic hydroxyl groups is 1.